The van der Waals surface area contributed by atoms with Gasteiger partial charge in [-0.3, -0.25) is 0 Å². The molecule has 0 radical (unpaired) electrons. The summed E-state index contributed by atoms with van der Waals surface area (Å²) in [6.07, 6.45) is -2.75. The number of rotatable bonds is 4. The first-order valence-electron chi connectivity index (χ1n) is 5.03. The SMILES string of the molecule is NCC#Cc1ccccc1S(=O)(=O)NCC(F)F. The van der Waals surface area contributed by atoms with Crippen molar-refractivity contribution in [3.05, 3.63) is 29.8 Å². The lowest BCUT2D eigenvalue weighted by molar-refractivity contribution is 0.153. The largest absolute Gasteiger partial charge is 0.320 e. The summed E-state index contributed by atoms with van der Waals surface area (Å²) in [5, 5.41) is 0. The van der Waals surface area contributed by atoms with Crippen LogP contribution in [0.25, 0.3) is 0 Å². The number of halogens is 2. The van der Waals surface area contributed by atoms with Crippen molar-refractivity contribution in [1.82, 2.24) is 4.72 Å². The molecule has 3 N–H and O–H groups in total. The van der Waals surface area contributed by atoms with Gasteiger partial charge in [-0.25, -0.2) is 21.9 Å². The molecule has 0 amide bonds. The quantitative estimate of drug-likeness (QED) is 0.787. The molecule has 0 atom stereocenters. The molecule has 0 aliphatic rings. The molecule has 18 heavy (non-hydrogen) atoms. The summed E-state index contributed by atoms with van der Waals surface area (Å²) < 4.78 is 49.4. The van der Waals surface area contributed by atoms with E-state index in [0.29, 0.717) is 0 Å². The summed E-state index contributed by atoms with van der Waals surface area (Å²) >= 11 is 0. The first-order chi connectivity index (χ1) is 8.47. The van der Waals surface area contributed by atoms with Crippen LogP contribution >= 0.6 is 0 Å². The van der Waals surface area contributed by atoms with E-state index < -0.39 is 23.0 Å². The van der Waals surface area contributed by atoms with Crippen LogP contribution in [-0.4, -0.2) is 27.9 Å². The highest BCUT2D eigenvalue weighted by molar-refractivity contribution is 7.89. The number of hydrogen-bond donors (Lipinski definition) is 2. The molecule has 0 saturated carbocycles. The normalized spacial score (nSPS) is 11.1. The maximum absolute atomic E-state index is 12.0. The fraction of sp³-hybridized carbons (Fsp3) is 0.273. The Balaban J connectivity index is 3.08. The summed E-state index contributed by atoms with van der Waals surface area (Å²) in [6.45, 7) is -0.847. The Bertz CT molecular complexity index is 562. The van der Waals surface area contributed by atoms with Crippen molar-refractivity contribution in [3.63, 3.8) is 0 Å². The lowest BCUT2D eigenvalue weighted by atomic mass is 10.2. The third-order valence-corrected chi connectivity index (χ3v) is 3.41. The van der Waals surface area contributed by atoms with E-state index >= 15 is 0 Å². The van der Waals surface area contributed by atoms with Crippen LogP contribution in [0, 0.1) is 11.8 Å². The van der Waals surface area contributed by atoms with Gasteiger partial charge in [-0.05, 0) is 12.1 Å². The number of sulfonamides is 1. The van der Waals surface area contributed by atoms with Crippen molar-refractivity contribution in [2.45, 2.75) is 11.3 Å². The molecule has 4 nitrogen and oxygen atoms in total. The van der Waals surface area contributed by atoms with Crippen LogP contribution in [-0.2, 0) is 10.0 Å². The van der Waals surface area contributed by atoms with Crippen molar-refractivity contribution >= 4 is 10.0 Å². The zero-order valence-corrected chi connectivity index (χ0v) is 10.2. The van der Waals surface area contributed by atoms with E-state index in [2.05, 4.69) is 11.8 Å². The maximum Gasteiger partial charge on any atom is 0.251 e. The number of hydrogen-bond acceptors (Lipinski definition) is 3. The molecule has 98 valence electrons. The average Bonchev–Trinajstić information content (AvgIpc) is 2.34. The minimum atomic E-state index is -3.99. The van der Waals surface area contributed by atoms with E-state index in [1.165, 1.54) is 18.2 Å². The zero-order valence-electron chi connectivity index (χ0n) is 9.36. The minimum Gasteiger partial charge on any atom is -0.320 e. The van der Waals surface area contributed by atoms with Gasteiger partial charge in [-0.15, -0.1) is 0 Å². The third kappa shape index (κ3) is 4.07. The molecule has 0 unspecified atom stereocenters. The summed E-state index contributed by atoms with van der Waals surface area (Å²) in [4.78, 5) is -0.133. The molecule has 0 bridgehead atoms. The highest BCUT2D eigenvalue weighted by Crippen LogP contribution is 2.14. The van der Waals surface area contributed by atoms with Crippen LogP contribution in [0.3, 0.4) is 0 Å². The topological polar surface area (TPSA) is 72.2 Å². The Labute approximate surface area is 104 Å². The molecule has 0 aliphatic heterocycles. The lowest BCUT2D eigenvalue weighted by Crippen LogP contribution is -2.29. The van der Waals surface area contributed by atoms with E-state index in [9.17, 15) is 17.2 Å². The Morgan fingerprint density at radius 3 is 2.61 bits per heavy atom. The van der Waals surface area contributed by atoms with Gasteiger partial charge >= 0.3 is 0 Å². The molecule has 7 heteroatoms. The number of nitrogens with one attached hydrogen (secondary N) is 1. The molecule has 0 fully saturated rings. The summed E-state index contributed by atoms with van der Waals surface area (Å²) in [5.41, 5.74) is 5.42. The number of nitrogens with two attached hydrogens (primary N) is 1. The van der Waals surface area contributed by atoms with Gasteiger partial charge in [0.05, 0.1) is 18.0 Å². The van der Waals surface area contributed by atoms with Gasteiger partial charge in [-0.1, -0.05) is 24.0 Å². The highest BCUT2D eigenvalue weighted by Gasteiger charge is 2.18. The predicted octanol–water partition coefficient (Wildman–Crippen LogP) is 0.540. The molecule has 0 aliphatic carbocycles. The third-order valence-electron chi connectivity index (χ3n) is 1.93. The molecule has 0 heterocycles. The summed E-state index contributed by atoms with van der Waals surface area (Å²) in [7, 11) is -3.99. The van der Waals surface area contributed by atoms with E-state index in [-0.39, 0.29) is 17.0 Å². The molecule has 0 aromatic heterocycles. The van der Waals surface area contributed by atoms with Crippen LogP contribution in [0.2, 0.25) is 0 Å². The van der Waals surface area contributed by atoms with E-state index in [1.54, 1.807) is 6.07 Å². The number of benzene rings is 1. The molecule has 1 rings (SSSR count). The van der Waals surface area contributed by atoms with Gasteiger partial charge in [0, 0.05) is 5.56 Å². The Kier molecular flexibility index (Phi) is 5.22. The standard InChI is InChI=1S/C11H12F2N2O2S/c12-11(13)8-15-18(16,17)10-6-2-1-4-9(10)5-3-7-14/h1-2,4,6,11,15H,7-8,14H2. The van der Waals surface area contributed by atoms with Crippen LogP contribution < -0.4 is 10.5 Å². The van der Waals surface area contributed by atoms with E-state index in [0.717, 1.165) is 0 Å². The smallest absolute Gasteiger partial charge is 0.251 e. The molecule has 0 spiro atoms. The van der Waals surface area contributed by atoms with Crippen molar-refractivity contribution in [2.24, 2.45) is 5.73 Å². The van der Waals surface area contributed by atoms with Crippen LogP contribution in [0.5, 0.6) is 0 Å². The van der Waals surface area contributed by atoms with Crippen LogP contribution in [0.4, 0.5) is 8.78 Å². The first-order valence-corrected chi connectivity index (χ1v) is 6.51. The summed E-state index contributed by atoms with van der Waals surface area (Å²) in [5.74, 6) is 5.10. The van der Waals surface area contributed by atoms with Crippen molar-refractivity contribution in [3.8, 4) is 11.8 Å². The fourth-order valence-corrected chi connectivity index (χ4v) is 2.37. The van der Waals surface area contributed by atoms with Crippen LogP contribution in [0.15, 0.2) is 29.2 Å². The second-order valence-electron chi connectivity index (χ2n) is 3.25. The van der Waals surface area contributed by atoms with E-state index in [1.807, 2.05) is 4.72 Å². The van der Waals surface area contributed by atoms with E-state index in [4.69, 9.17) is 5.73 Å². The van der Waals surface area contributed by atoms with Gasteiger partial charge in [0.15, 0.2) is 0 Å². The molecular formula is C11H12F2N2O2S. The summed E-state index contributed by atoms with van der Waals surface area (Å²) in [6, 6.07) is 5.88. The monoisotopic (exact) mass is 274 g/mol. The minimum absolute atomic E-state index is 0.0822. The van der Waals surface area contributed by atoms with Crippen LogP contribution in [0.1, 0.15) is 5.56 Å². The second kappa shape index (κ2) is 6.44. The van der Waals surface area contributed by atoms with Crippen molar-refractivity contribution in [2.75, 3.05) is 13.1 Å². The fourth-order valence-electron chi connectivity index (χ4n) is 1.20. The predicted molar refractivity (Wildman–Crippen MR) is 63.6 cm³/mol. The molecule has 0 saturated heterocycles. The maximum atomic E-state index is 12.0. The van der Waals surface area contributed by atoms with Gasteiger partial charge in [0.25, 0.3) is 6.43 Å². The average molecular weight is 274 g/mol. The van der Waals surface area contributed by atoms with Crippen molar-refractivity contribution in [1.29, 1.82) is 0 Å². The lowest BCUT2D eigenvalue weighted by Gasteiger charge is -2.07. The first kappa shape index (κ1) is 14.6. The van der Waals surface area contributed by atoms with Gasteiger partial charge in [-0.2, -0.15) is 0 Å². The Hall–Kier alpha value is -1.49. The molecule has 1 aromatic rings. The van der Waals surface area contributed by atoms with Gasteiger partial charge in [0.1, 0.15) is 0 Å². The number of alkyl halides is 2. The molecule has 1 aromatic carbocycles. The zero-order chi connectivity index (χ0) is 13.6. The highest BCUT2D eigenvalue weighted by atomic mass is 32.2. The molecular weight excluding hydrogens is 262 g/mol. The van der Waals surface area contributed by atoms with Crippen molar-refractivity contribution < 1.29 is 17.2 Å². The van der Waals surface area contributed by atoms with Gasteiger partial charge in [0.2, 0.25) is 10.0 Å². The second-order valence-corrected chi connectivity index (χ2v) is 4.98. The van der Waals surface area contributed by atoms with Gasteiger partial charge < -0.3 is 5.73 Å². The Morgan fingerprint density at radius 1 is 1.33 bits per heavy atom. The Morgan fingerprint density at radius 2 is 2.00 bits per heavy atom.